The molecule has 0 spiro atoms. The second kappa shape index (κ2) is 11.6. The summed E-state index contributed by atoms with van der Waals surface area (Å²) in [4.78, 5) is 33.0. The van der Waals surface area contributed by atoms with E-state index in [1.54, 1.807) is 12.4 Å². The minimum absolute atomic E-state index is 0.00199. The first kappa shape index (κ1) is 25.1. The van der Waals surface area contributed by atoms with Gasteiger partial charge in [-0.1, -0.05) is 73.7 Å². The second-order valence-corrected chi connectivity index (χ2v) is 9.18. The lowest BCUT2D eigenvalue weighted by Crippen LogP contribution is -2.18. The van der Waals surface area contributed by atoms with E-state index in [2.05, 4.69) is 29.2 Å². The summed E-state index contributed by atoms with van der Waals surface area (Å²) < 4.78 is 7.58. The Kier molecular flexibility index (Phi) is 7.69. The van der Waals surface area contributed by atoms with E-state index in [0.717, 1.165) is 34.0 Å². The zero-order chi connectivity index (χ0) is 26.3. The van der Waals surface area contributed by atoms with Crippen molar-refractivity contribution in [1.29, 1.82) is 0 Å². The molecule has 0 fully saturated rings. The fourth-order valence-corrected chi connectivity index (χ4v) is 4.72. The predicted molar refractivity (Wildman–Crippen MR) is 149 cm³/mol. The van der Waals surface area contributed by atoms with Crippen LogP contribution in [0.1, 0.15) is 47.9 Å². The van der Waals surface area contributed by atoms with Gasteiger partial charge in [-0.15, -0.1) is 0 Å². The van der Waals surface area contributed by atoms with Gasteiger partial charge in [-0.3, -0.25) is 4.79 Å². The number of pyridine rings is 1. The van der Waals surface area contributed by atoms with Gasteiger partial charge < -0.3 is 14.6 Å². The van der Waals surface area contributed by atoms with Crippen molar-refractivity contribution in [3.63, 3.8) is 0 Å². The number of carbonyl (C=O) groups is 1. The topological polar surface area (TPSA) is 73.3 Å². The van der Waals surface area contributed by atoms with Crippen molar-refractivity contribution in [2.75, 3.05) is 6.61 Å². The fraction of sp³-hybridized carbons (Fsp3) is 0.188. The molecule has 0 aliphatic heterocycles. The molecule has 38 heavy (non-hydrogen) atoms. The molecular weight excluding hydrogens is 476 g/mol. The Bertz CT molecular complexity index is 1530. The van der Waals surface area contributed by atoms with E-state index in [1.165, 1.54) is 4.73 Å². The molecule has 0 saturated carbocycles. The smallest absolute Gasteiger partial charge is 0.332 e. The summed E-state index contributed by atoms with van der Waals surface area (Å²) in [5.41, 5.74) is 4.63. The van der Waals surface area contributed by atoms with E-state index < -0.39 is 0 Å². The van der Waals surface area contributed by atoms with Crippen molar-refractivity contribution in [2.45, 2.75) is 32.1 Å². The molecule has 0 radical (unpaired) electrons. The SMILES string of the molecule is CCCC(=O)On1ccc2c(OCCc3cc(C(c4ccccc4)c4ccccc4)c[nH]c3=O)cccc21. The number of fused-ring (bicyclic) bond motifs is 1. The lowest BCUT2D eigenvalue weighted by molar-refractivity contribution is -0.143. The highest BCUT2D eigenvalue weighted by Gasteiger charge is 2.18. The molecule has 2 aromatic heterocycles. The van der Waals surface area contributed by atoms with Crippen LogP contribution in [0.2, 0.25) is 0 Å². The van der Waals surface area contributed by atoms with Crippen molar-refractivity contribution >= 4 is 16.9 Å². The number of rotatable bonds is 10. The highest BCUT2D eigenvalue weighted by atomic mass is 16.7. The number of benzene rings is 3. The third kappa shape index (κ3) is 5.54. The van der Waals surface area contributed by atoms with Crippen molar-refractivity contribution in [3.8, 4) is 5.75 Å². The van der Waals surface area contributed by atoms with Crippen LogP contribution in [0.25, 0.3) is 10.9 Å². The number of nitrogens with zero attached hydrogens (tertiary/aromatic N) is 1. The molecule has 0 aliphatic carbocycles. The molecule has 2 heterocycles. The normalized spacial score (nSPS) is 11.1. The number of H-pyrrole nitrogens is 1. The van der Waals surface area contributed by atoms with Crippen LogP contribution in [-0.2, 0) is 11.2 Å². The Morgan fingerprint density at radius 1 is 0.895 bits per heavy atom. The molecule has 0 unspecified atom stereocenters. The zero-order valence-electron chi connectivity index (χ0n) is 21.3. The number of hydrogen-bond acceptors (Lipinski definition) is 4. The molecule has 0 aliphatic rings. The third-order valence-electron chi connectivity index (χ3n) is 6.54. The largest absolute Gasteiger partial charge is 0.493 e. The molecule has 0 bridgehead atoms. The van der Waals surface area contributed by atoms with E-state index in [-0.39, 0.29) is 17.4 Å². The maximum Gasteiger partial charge on any atom is 0.332 e. The Balaban J connectivity index is 1.35. The Labute approximate surface area is 221 Å². The number of nitrogens with one attached hydrogen (secondary N) is 1. The molecule has 5 aromatic rings. The van der Waals surface area contributed by atoms with Gasteiger partial charge in [0.15, 0.2) is 0 Å². The van der Waals surface area contributed by atoms with Gasteiger partial charge in [-0.25, -0.2) is 4.79 Å². The van der Waals surface area contributed by atoms with Gasteiger partial charge in [0.05, 0.1) is 12.1 Å². The zero-order valence-corrected chi connectivity index (χ0v) is 21.3. The van der Waals surface area contributed by atoms with Gasteiger partial charge in [0.1, 0.15) is 5.75 Å². The average Bonchev–Trinajstić information content (AvgIpc) is 3.35. The van der Waals surface area contributed by atoms with Crippen LogP contribution in [-0.4, -0.2) is 22.3 Å². The quantitative estimate of drug-likeness (QED) is 0.256. The Morgan fingerprint density at radius 2 is 1.61 bits per heavy atom. The lowest BCUT2D eigenvalue weighted by Gasteiger charge is -2.19. The van der Waals surface area contributed by atoms with Crippen molar-refractivity contribution in [1.82, 2.24) is 9.71 Å². The molecule has 3 aromatic carbocycles. The predicted octanol–water partition coefficient (Wildman–Crippen LogP) is 5.89. The maximum atomic E-state index is 12.7. The molecule has 0 saturated heterocycles. The van der Waals surface area contributed by atoms with Crippen LogP contribution in [0.4, 0.5) is 0 Å². The van der Waals surface area contributed by atoms with E-state index in [4.69, 9.17) is 9.57 Å². The number of hydrogen-bond donors (Lipinski definition) is 1. The van der Waals surface area contributed by atoms with Crippen LogP contribution in [0.15, 0.2) is 108 Å². The van der Waals surface area contributed by atoms with Gasteiger partial charge in [-0.05, 0) is 47.4 Å². The number of carbonyl (C=O) groups excluding carboxylic acids is 1. The minimum atomic E-state index is -0.278. The first-order chi connectivity index (χ1) is 18.6. The van der Waals surface area contributed by atoms with E-state index >= 15 is 0 Å². The molecular formula is C32H30N2O4. The first-order valence-corrected chi connectivity index (χ1v) is 12.9. The number of aromatic amines is 1. The Morgan fingerprint density at radius 3 is 2.29 bits per heavy atom. The van der Waals surface area contributed by atoms with Gasteiger partial charge >= 0.3 is 5.97 Å². The highest BCUT2D eigenvalue weighted by Crippen LogP contribution is 2.31. The van der Waals surface area contributed by atoms with Crippen molar-refractivity contribution < 1.29 is 14.4 Å². The summed E-state index contributed by atoms with van der Waals surface area (Å²) in [7, 11) is 0. The molecule has 0 atom stereocenters. The summed E-state index contributed by atoms with van der Waals surface area (Å²) in [5, 5.41) is 0.840. The second-order valence-electron chi connectivity index (χ2n) is 9.18. The Hall–Kier alpha value is -4.58. The van der Waals surface area contributed by atoms with E-state index in [9.17, 15) is 9.59 Å². The van der Waals surface area contributed by atoms with Crippen LogP contribution >= 0.6 is 0 Å². The van der Waals surface area contributed by atoms with Crippen LogP contribution in [0.5, 0.6) is 5.75 Å². The average molecular weight is 507 g/mol. The number of ether oxygens (including phenoxy) is 1. The molecule has 1 N–H and O–H groups in total. The van der Waals surface area contributed by atoms with Crippen LogP contribution in [0.3, 0.4) is 0 Å². The standard InChI is InChI=1S/C32H30N2O4/c1-2-10-30(35)38-34-19-17-27-28(34)15-9-16-29(27)37-20-18-25-21-26(22-33-32(25)36)31(23-11-5-3-6-12-23)24-13-7-4-8-14-24/h3-9,11-17,19,21-22,31H,2,10,18,20H2,1H3,(H,33,36). The van der Waals surface area contributed by atoms with Gasteiger partial charge in [-0.2, -0.15) is 4.73 Å². The van der Waals surface area contributed by atoms with Gasteiger partial charge in [0.25, 0.3) is 5.56 Å². The van der Waals surface area contributed by atoms with Crippen LogP contribution in [0, 0.1) is 0 Å². The summed E-state index contributed by atoms with van der Waals surface area (Å²) >= 11 is 0. The van der Waals surface area contributed by atoms with Gasteiger partial charge in [0.2, 0.25) is 0 Å². The summed E-state index contributed by atoms with van der Waals surface area (Å²) in [6, 6.07) is 30.0. The van der Waals surface area contributed by atoms with Crippen molar-refractivity contribution in [3.05, 3.63) is 136 Å². The molecule has 192 valence electrons. The van der Waals surface area contributed by atoms with Crippen molar-refractivity contribution in [2.24, 2.45) is 0 Å². The van der Waals surface area contributed by atoms with E-state index in [0.29, 0.717) is 30.8 Å². The molecule has 6 nitrogen and oxygen atoms in total. The highest BCUT2D eigenvalue weighted by molar-refractivity contribution is 5.86. The fourth-order valence-electron chi connectivity index (χ4n) is 4.72. The maximum absolute atomic E-state index is 12.7. The third-order valence-corrected chi connectivity index (χ3v) is 6.54. The first-order valence-electron chi connectivity index (χ1n) is 12.9. The lowest BCUT2D eigenvalue weighted by atomic mass is 9.85. The summed E-state index contributed by atoms with van der Waals surface area (Å²) in [6.07, 6.45) is 5.05. The summed E-state index contributed by atoms with van der Waals surface area (Å²) in [6.45, 7) is 2.26. The summed E-state index contributed by atoms with van der Waals surface area (Å²) in [5.74, 6) is 0.393. The van der Waals surface area contributed by atoms with Gasteiger partial charge in [0, 0.05) is 42.1 Å². The van der Waals surface area contributed by atoms with E-state index in [1.807, 2.05) is 73.7 Å². The molecule has 6 heteroatoms. The molecule has 5 rings (SSSR count). The number of aromatic nitrogens is 2. The monoisotopic (exact) mass is 506 g/mol. The minimum Gasteiger partial charge on any atom is -0.493 e. The molecule has 0 amide bonds. The van der Waals surface area contributed by atoms with Crippen LogP contribution < -0.4 is 15.1 Å².